The summed E-state index contributed by atoms with van der Waals surface area (Å²) < 4.78 is 26.5. The van der Waals surface area contributed by atoms with Gasteiger partial charge in [-0.25, -0.2) is 13.1 Å². The van der Waals surface area contributed by atoms with E-state index in [1.165, 1.54) is 13.0 Å². The highest BCUT2D eigenvalue weighted by Crippen LogP contribution is 2.29. The second-order valence-electron chi connectivity index (χ2n) is 4.37. The van der Waals surface area contributed by atoms with Crippen LogP contribution in [0, 0.1) is 29.4 Å². The number of terminal acetylenes is 1. The van der Waals surface area contributed by atoms with Crippen LogP contribution in [-0.2, 0) is 10.0 Å². The van der Waals surface area contributed by atoms with E-state index in [9.17, 15) is 18.5 Å². The fourth-order valence-corrected chi connectivity index (χ4v) is 3.03. The second-order valence-corrected chi connectivity index (χ2v) is 6.54. The lowest BCUT2D eigenvalue weighted by molar-refractivity contribution is -0.385. The zero-order chi connectivity index (χ0) is 16.0. The van der Waals surface area contributed by atoms with Crippen molar-refractivity contribution >= 4 is 27.3 Å². The molecule has 0 aliphatic rings. The number of sulfonamides is 1. The van der Waals surface area contributed by atoms with Crippen LogP contribution in [-0.4, -0.2) is 19.9 Å². The van der Waals surface area contributed by atoms with Crippen LogP contribution in [0.25, 0.3) is 0 Å². The van der Waals surface area contributed by atoms with Gasteiger partial charge in [0.15, 0.2) is 0 Å². The van der Waals surface area contributed by atoms with Crippen LogP contribution < -0.4 is 4.72 Å². The van der Waals surface area contributed by atoms with E-state index in [0.29, 0.717) is 19.3 Å². The molecule has 0 saturated heterocycles. The third-order valence-corrected chi connectivity index (χ3v) is 4.67. The Morgan fingerprint density at radius 3 is 2.67 bits per heavy atom. The number of nitro benzene ring substituents is 1. The molecule has 0 heterocycles. The molecule has 21 heavy (non-hydrogen) atoms. The first kappa shape index (κ1) is 17.4. The maximum atomic E-state index is 12.1. The van der Waals surface area contributed by atoms with Gasteiger partial charge in [0, 0.05) is 24.6 Å². The number of unbranched alkanes of at least 4 members (excludes halogenated alkanes) is 2. The van der Waals surface area contributed by atoms with Crippen LogP contribution in [0.5, 0.6) is 0 Å². The van der Waals surface area contributed by atoms with Gasteiger partial charge >= 0.3 is 0 Å². The number of benzene rings is 1. The lowest BCUT2D eigenvalue weighted by Crippen LogP contribution is -2.25. The maximum absolute atomic E-state index is 12.1. The van der Waals surface area contributed by atoms with Crippen molar-refractivity contribution in [2.45, 2.75) is 31.1 Å². The van der Waals surface area contributed by atoms with E-state index >= 15 is 0 Å². The Hall–Kier alpha value is -1.62. The molecule has 0 saturated carbocycles. The molecule has 0 radical (unpaired) electrons. The molecule has 0 amide bonds. The number of nitrogens with zero attached hydrogens (tertiary/aromatic N) is 1. The summed E-state index contributed by atoms with van der Waals surface area (Å²) in [5.41, 5.74) is -0.0927. The van der Waals surface area contributed by atoms with Crippen LogP contribution in [0.3, 0.4) is 0 Å². The van der Waals surface area contributed by atoms with E-state index < -0.39 is 14.9 Å². The van der Waals surface area contributed by atoms with Crippen molar-refractivity contribution in [2.24, 2.45) is 0 Å². The topological polar surface area (TPSA) is 89.3 Å². The van der Waals surface area contributed by atoms with Gasteiger partial charge in [-0.15, -0.1) is 12.3 Å². The third kappa shape index (κ3) is 4.70. The molecule has 114 valence electrons. The zero-order valence-electron chi connectivity index (χ0n) is 11.4. The lowest BCUT2D eigenvalue weighted by atomic mass is 10.2. The summed E-state index contributed by atoms with van der Waals surface area (Å²) in [6.45, 7) is 1.67. The smallest absolute Gasteiger partial charge is 0.258 e. The Bertz CT molecular complexity index is 680. The molecule has 6 nitrogen and oxygen atoms in total. The third-order valence-electron chi connectivity index (χ3n) is 2.84. The summed E-state index contributed by atoms with van der Waals surface area (Å²) in [5.74, 6) is 2.46. The van der Waals surface area contributed by atoms with Gasteiger partial charge in [-0.3, -0.25) is 10.1 Å². The number of nitrogens with one attached hydrogen (secondary N) is 1. The molecule has 0 aromatic heterocycles. The Morgan fingerprint density at radius 1 is 1.43 bits per heavy atom. The summed E-state index contributed by atoms with van der Waals surface area (Å²) >= 11 is 5.85. The molecule has 0 bridgehead atoms. The van der Waals surface area contributed by atoms with Gasteiger partial charge in [0.2, 0.25) is 10.0 Å². The summed E-state index contributed by atoms with van der Waals surface area (Å²) in [6.07, 6.45) is 6.96. The predicted molar refractivity (Wildman–Crippen MR) is 80.7 cm³/mol. The van der Waals surface area contributed by atoms with Crippen LogP contribution in [0.4, 0.5) is 5.69 Å². The summed E-state index contributed by atoms with van der Waals surface area (Å²) in [7, 11) is -3.83. The normalized spacial score (nSPS) is 11.1. The lowest BCUT2D eigenvalue weighted by Gasteiger charge is -2.08. The molecule has 1 aromatic carbocycles. The first-order valence-electron chi connectivity index (χ1n) is 6.17. The molecule has 0 atom stereocenters. The standard InChI is InChI=1S/C13H15ClN2O4S/c1-3-4-5-6-7-15-21(19,20)11-8-12(14)10(2)13(9-11)16(17)18/h1,8-9,15H,4-7H2,2H3. The average Bonchev–Trinajstić information content (AvgIpc) is 2.40. The highest BCUT2D eigenvalue weighted by Gasteiger charge is 2.22. The molecule has 8 heteroatoms. The Kier molecular flexibility index (Phi) is 6.15. The van der Waals surface area contributed by atoms with E-state index in [2.05, 4.69) is 10.6 Å². The van der Waals surface area contributed by atoms with Crippen molar-refractivity contribution in [3.8, 4) is 12.3 Å². The Labute approximate surface area is 128 Å². The van der Waals surface area contributed by atoms with Crippen LogP contribution >= 0.6 is 11.6 Å². The van der Waals surface area contributed by atoms with Crippen molar-refractivity contribution in [3.05, 3.63) is 32.8 Å². The monoisotopic (exact) mass is 330 g/mol. The van der Waals surface area contributed by atoms with Crippen LogP contribution in [0.2, 0.25) is 5.02 Å². The van der Waals surface area contributed by atoms with Gasteiger partial charge in [-0.2, -0.15) is 0 Å². The van der Waals surface area contributed by atoms with Crippen molar-refractivity contribution in [2.75, 3.05) is 6.54 Å². The van der Waals surface area contributed by atoms with E-state index in [4.69, 9.17) is 18.0 Å². The summed E-state index contributed by atoms with van der Waals surface area (Å²) in [4.78, 5) is 10.0. The minimum Gasteiger partial charge on any atom is -0.258 e. The molecule has 1 N–H and O–H groups in total. The minimum absolute atomic E-state index is 0.0388. The predicted octanol–water partition coefficient (Wildman–Crippen LogP) is 2.64. The Morgan fingerprint density at radius 2 is 2.10 bits per heavy atom. The highest BCUT2D eigenvalue weighted by molar-refractivity contribution is 7.89. The molecule has 0 aliphatic heterocycles. The SMILES string of the molecule is C#CCCCCNS(=O)(=O)c1cc(Cl)c(C)c([N+](=O)[O-])c1. The fraction of sp³-hybridized carbons (Fsp3) is 0.385. The molecule has 1 aromatic rings. The van der Waals surface area contributed by atoms with E-state index in [1.807, 2.05) is 0 Å². The zero-order valence-corrected chi connectivity index (χ0v) is 13.0. The number of hydrogen-bond acceptors (Lipinski definition) is 4. The van der Waals surface area contributed by atoms with Crippen molar-refractivity contribution in [3.63, 3.8) is 0 Å². The molecule has 0 fully saturated rings. The van der Waals surface area contributed by atoms with E-state index in [0.717, 1.165) is 6.07 Å². The first-order chi connectivity index (χ1) is 9.79. The van der Waals surface area contributed by atoms with Gasteiger partial charge in [-0.1, -0.05) is 11.6 Å². The first-order valence-corrected chi connectivity index (χ1v) is 8.03. The number of halogens is 1. The van der Waals surface area contributed by atoms with Crippen LogP contribution in [0.15, 0.2) is 17.0 Å². The van der Waals surface area contributed by atoms with E-state index in [1.54, 1.807) is 0 Å². The number of hydrogen-bond donors (Lipinski definition) is 1. The average molecular weight is 331 g/mol. The molecule has 0 unspecified atom stereocenters. The maximum Gasteiger partial charge on any atom is 0.275 e. The van der Waals surface area contributed by atoms with Gasteiger partial charge in [0.25, 0.3) is 5.69 Å². The minimum atomic E-state index is -3.83. The summed E-state index contributed by atoms with van der Waals surface area (Å²) in [6, 6.07) is 2.21. The van der Waals surface area contributed by atoms with E-state index in [-0.39, 0.29) is 27.7 Å². The second kappa shape index (κ2) is 7.41. The van der Waals surface area contributed by atoms with Gasteiger partial charge in [-0.05, 0) is 25.8 Å². The number of rotatable bonds is 7. The number of nitro groups is 1. The van der Waals surface area contributed by atoms with Gasteiger partial charge in [0.05, 0.1) is 14.8 Å². The molecule has 0 aliphatic carbocycles. The molecule has 1 rings (SSSR count). The summed E-state index contributed by atoms with van der Waals surface area (Å²) in [5, 5.41) is 10.9. The van der Waals surface area contributed by atoms with Gasteiger partial charge in [0.1, 0.15) is 0 Å². The molecule has 0 spiro atoms. The quantitative estimate of drug-likeness (QED) is 0.360. The van der Waals surface area contributed by atoms with Crippen molar-refractivity contribution in [1.29, 1.82) is 0 Å². The molecular weight excluding hydrogens is 316 g/mol. The van der Waals surface area contributed by atoms with Crippen molar-refractivity contribution < 1.29 is 13.3 Å². The fourth-order valence-electron chi connectivity index (χ4n) is 1.63. The van der Waals surface area contributed by atoms with Crippen molar-refractivity contribution in [1.82, 2.24) is 4.72 Å². The van der Waals surface area contributed by atoms with Gasteiger partial charge < -0.3 is 0 Å². The Balaban J connectivity index is 2.94. The largest absolute Gasteiger partial charge is 0.275 e. The molecular formula is C13H15ClN2O4S. The highest BCUT2D eigenvalue weighted by atomic mass is 35.5. The van der Waals surface area contributed by atoms with Crippen LogP contribution in [0.1, 0.15) is 24.8 Å².